The first-order chi connectivity index (χ1) is 6.42. The molecule has 2 aromatic rings. The second-order valence-electron chi connectivity index (χ2n) is 2.56. The van der Waals surface area contributed by atoms with Crippen LogP contribution in [0.5, 0.6) is 5.88 Å². The Balaban J connectivity index is 2.47. The van der Waals surface area contributed by atoms with E-state index in [9.17, 15) is 0 Å². The van der Waals surface area contributed by atoms with Gasteiger partial charge in [-0.15, -0.1) is 0 Å². The third-order valence-electron chi connectivity index (χ3n) is 1.76. The molecule has 0 N–H and O–H groups in total. The van der Waals surface area contributed by atoms with E-state index in [4.69, 9.17) is 4.74 Å². The minimum absolute atomic E-state index is 0.686. The predicted molar refractivity (Wildman–Crippen MR) is 49.0 cm³/mol. The summed E-state index contributed by atoms with van der Waals surface area (Å²) in [6.07, 6.45) is 2.74. The summed E-state index contributed by atoms with van der Waals surface area (Å²) in [5.74, 6) is 0.686. The number of rotatable bonds is 2. The number of hydrogen-bond donors (Lipinski definition) is 0. The van der Waals surface area contributed by atoms with Gasteiger partial charge in [-0.1, -0.05) is 18.2 Å². The number of aromatic nitrogens is 2. The second-order valence-corrected chi connectivity index (χ2v) is 2.56. The summed E-state index contributed by atoms with van der Waals surface area (Å²) in [7, 11) is 1.62. The first kappa shape index (κ1) is 7.86. The number of para-hydroxylation sites is 1. The van der Waals surface area contributed by atoms with Crippen molar-refractivity contribution in [3.8, 4) is 11.6 Å². The fourth-order valence-electron chi connectivity index (χ4n) is 1.15. The molecule has 0 atom stereocenters. The maximum absolute atomic E-state index is 5.11. The van der Waals surface area contributed by atoms with Gasteiger partial charge in [0.05, 0.1) is 12.8 Å². The number of ether oxygens (including phenoxy) is 1. The van der Waals surface area contributed by atoms with E-state index in [1.807, 2.05) is 30.3 Å². The van der Waals surface area contributed by atoms with Crippen LogP contribution in [0.1, 0.15) is 0 Å². The van der Waals surface area contributed by atoms with Crippen LogP contribution in [-0.4, -0.2) is 16.9 Å². The Labute approximate surface area is 76.6 Å². The quantitative estimate of drug-likeness (QED) is 0.690. The summed E-state index contributed by atoms with van der Waals surface area (Å²) < 4.78 is 6.80. The average Bonchev–Trinajstić information content (AvgIpc) is 2.67. The molecule has 0 aliphatic heterocycles. The normalized spacial score (nSPS) is 9.92. The van der Waals surface area contributed by atoms with Gasteiger partial charge in [0, 0.05) is 6.07 Å². The minimum atomic E-state index is 0.686. The number of hydrogen-bond acceptors (Lipinski definition) is 2. The first-order valence-corrected chi connectivity index (χ1v) is 3.97. The zero-order valence-corrected chi connectivity index (χ0v) is 7.27. The van der Waals surface area contributed by atoms with Crippen molar-refractivity contribution in [2.24, 2.45) is 0 Å². The zero-order valence-electron chi connectivity index (χ0n) is 7.27. The van der Waals surface area contributed by atoms with Gasteiger partial charge in [-0.25, -0.2) is 4.68 Å². The Kier molecular flexibility index (Phi) is 2.00. The number of methoxy groups -OCH3 is 1. The molecule has 3 nitrogen and oxygen atoms in total. The molecule has 1 radical (unpaired) electrons. The van der Waals surface area contributed by atoms with Crippen molar-refractivity contribution in [1.82, 2.24) is 9.78 Å². The highest BCUT2D eigenvalue weighted by molar-refractivity contribution is 5.33. The van der Waals surface area contributed by atoms with Crippen LogP contribution in [0.4, 0.5) is 0 Å². The van der Waals surface area contributed by atoms with Gasteiger partial charge >= 0.3 is 0 Å². The molecule has 1 aromatic carbocycles. The Morgan fingerprint density at radius 2 is 2.08 bits per heavy atom. The van der Waals surface area contributed by atoms with Gasteiger partial charge in [-0.3, -0.25) is 0 Å². The van der Waals surface area contributed by atoms with E-state index in [0.29, 0.717) is 5.88 Å². The van der Waals surface area contributed by atoms with E-state index in [0.717, 1.165) is 5.69 Å². The lowest BCUT2D eigenvalue weighted by Crippen LogP contribution is -1.98. The first-order valence-electron chi connectivity index (χ1n) is 3.97. The lowest BCUT2D eigenvalue weighted by Gasteiger charge is -2.04. The van der Waals surface area contributed by atoms with Crippen molar-refractivity contribution in [1.29, 1.82) is 0 Å². The van der Waals surface area contributed by atoms with Crippen molar-refractivity contribution in [3.05, 3.63) is 42.6 Å². The lowest BCUT2D eigenvalue weighted by molar-refractivity contribution is 0.383. The second kappa shape index (κ2) is 3.31. The fourth-order valence-corrected chi connectivity index (χ4v) is 1.15. The molecular weight excluding hydrogens is 164 g/mol. The van der Waals surface area contributed by atoms with E-state index in [1.54, 1.807) is 17.9 Å². The Bertz CT molecular complexity index is 381. The molecule has 3 heteroatoms. The van der Waals surface area contributed by atoms with Crippen molar-refractivity contribution >= 4 is 0 Å². The summed E-state index contributed by atoms with van der Waals surface area (Å²) in [6, 6.07) is 11.5. The third-order valence-corrected chi connectivity index (χ3v) is 1.76. The van der Waals surface area contributed by atoms with Crippen molar-refractivity contribution in [2.45, 2.75) is 0 Å². The van der Waals surface area contributed by atoms with Gasteiger partial charge in [0.25, 0.3) is 0 Å². The molecule has 0 aliphatic rings. The van der Waals surface area contributed by atoms with Crippen molar-refractivity contribution in [2.75, 3.05) is 7.11 Å². The average molecular weight is 173 g/mol. The summed E-state index contributed by atoms with van der Waals surface area (Å²) in [5, 5.41) is 4.02. The van der Waals surface area contributed by atoms with Crippen LogP contribution in [0.25, 0.3) is 5.69 Å². The molecule has 0 saturated heterocycles. The molecule has 0 fully saturated rings. The van der Waals surface area contributed by atoms with E-state index < -0.39 is 0 Å². The van der Waals surface area contributed by atoms with Gasteiger partial charge in [0.1, 0.15) is 6.20 Å². The largest absolute Gasteiger partial charge is 0.481 e. The summed E-state index contributed by atoms with van der Waals surface area (Å²) in [5.41, 5.74) is 0.973. The van der Waals surface area contributed by atoms with E-state index in [-0.39, 0.29) is 0 Å². The third kappa shape index (κ3) is 1.40. The molecule has 13 heavy (non-hydrogen) atoms. The summed E-state index contributed by atoms with van der Waals surface area (Å²) >= 11 is 0. The summed E-state index contributed by atoms with van der Waals surface area (Å²) in [4.78, 5) is 0. The Hall–Kier alpha value is -1.77. The van der Waals surface area contributed by atoms with Crippen LogP contribution in [0.15, 0.2) is 36.4 Å². The van der Waals surface area contributed by atoms with Gasteiger partial charge in [-0.2, -0.15) is 5.10 Å². The molecule has 0 unspecified atom stereocenters. The highest BCUT2D eigenvalue weighted by atomic mass is 16.5. The number of benzene rings is 1. The smallest absolute Gasteiger partial charge is 0.217 e. The molecule has 0 amide bonds. The van der Waals surface area contributed by atoms with Crippen LogP contribution < -0.4 is 4.74 Å². The Morgan fingerprint density at radius 3 is 2.77 bits per heavy atom. The molecule has 2 rings (SSSR count). The maximum Gasteiger partial charge on any atom is 0.217 e. The minimum Gasteiger partial charge on any atom is -0.481 e. The van der Waals surface area contributed by atoms with Crippen LogP contribution in [0, 0.1) is 6.20 Å². The molecule has 0 bridgehead atoms. The van der Waals surface area contributed by atoms with Gasteiger partial charge in [-0.05, 0) is 12.1 Å². The SMILES string of the molecule is COc1c[c]nn1-c1ccccc1. The van der Waals surface area contributed by atoms with E-state index in [2.05, 4.69) is 11.3 Å². The van der Waals surface area contributed by atoms with E-state index in [1.165, 1.54) is 0 Å². The van der Waals surface area contributed by atoms with E-state index >= 15 is 0 Å². The fraction of sp³-hybridized carbons (Fsp3) is 0.100. The van der Waals surface area contributed by atoms with Gasteiger partial charge in [0.15, 0.2) is 0 Å². The highest BCUT2D eigenvalue weighted by Crippen LogP contribution is 2.14. The number of nitrogens with zero attached hydrogens (tertiary/aromatic N) is 2. The topological polar surface area (TPSA) is 27.1 Å². The standard InChI is InChI=1S/C10H9N2O/c1-13-10-7-8-11-12(10)9-5-3-2-4-6-9/h2-7H,1H3. The molecule has 1 aromatic heterocycles. The maximum atomic E-state index is 5.11. The van der Waals surface area contributed by atoms with Crippen LogP contribution in [0.3, 0.4) is 0 Å². The molecule has 1 heterocycles. The zero-order chi connectivity index (χ0) is 9.10. The van der Waals surface area contributed by atoms with Gasteiger partial charge in [0.2, 0.25) is 5.88 Å². The lowest BCUT2D eigenvalue weighted by atomic mass is 10.3. The highest BCUT2D eigenvalue weighted by Gasteiger charge is 2.02. The molecule has 0 saturated carbocycles. The van der Waals surface area contributed by atoms with Crippen molar-refractivity contribution in [3.63, 3.8) is 0 Å². The molecule has 0 spiro atoms. The van der Waals surface area contributed by atoms with Crippen LogP contribution in [0.2, 0.25) is 0 Å². The Morgan fingerprint density at radius 1 is 1.31 bits per heavy atom. The molecular formula is C10H9N2O. The molecule has 0 aliphatic carbocycles. The van der Waals surface area contributed by atoms with Crippen LogP contribution >= 0.6 is 0 Å². The van der Waals surface area contributed by atoms with Gasteiger partial charge < -0.3 is 4.74 Å². The molecule has 65 valence electrons. The van der Waals surface area contributed by atoms with Crippen LogP contribution in [-0.2, 0) is 0 Å². The monoisotopic (exact) mass is 173 g/mol. The van der Waals surface area contributed by atoms with Crippen molar-refractivity contribution < 1.29 is 4.74 Å². The predicted octanol–water partition coefficient (Wildman–Crippen LogP) is 1.68. The summed E-state index contributed by atoms with van der Waals surface area (Å²) in [6.45, 7) is 0.